The van der Waals surface area contributed by atoms with Gasteiger partial charge in [0.1, 0.15) is 0 Å². The van der Waals surface area contributed by atoms with Gasteiger partial charge in [-0.3, -0.25) is 9.90 Å². The number of hydrogen-bond donors (Lipinski definition) is 0. The van der Waals surface area contributed by atoms with Crippen molar-refractivity contribution in [2.24, 2.45) is 0 Å². The number of nitrogens with zero attached hydrogens (tertiary/aromatic N) is 1. The molecule has 0 aliphatic rings. The summed E-state index contributed by atoms with van der Waals surface area (Å²) in [6, 6.07) is 0. The van der Waals surface area contributed by atoms with E-state index in [0.29, 0.717) is 6.61 Å². The predicted molar refractivity (Wildman–Crippen MR) is 29.6 cm³/mol. The molecule has 0 aromatic rings. The first-order valence-corrected chi connectivity index (χ1v) is 2.29. The van der Waals surface area contributed by atoms with Gasteiger partial charge >= 0.3 is 0 Å². The first-order chi connectivity index (χ1) is 3.31. The third kappa shape index (κ3) is 3.33. The smallest absolute Gasteiger partial charge is 0.0720 e. The second kappa shape index (κ2) is 3.68. The minimum Gasteiger partial charge on any atom is -0.275 e. The van der Waals surface area contributed by atoms with Crippen LogP contribution in [0.3, 0.4) is 0 Å². The van der Waals surface area contributed by atoms with E-state index in [-0.39, 0.29) is 0 Å². The van der Waals surface area contributed by atoms with Crippen molar-refractivity contribution in [3.63, 3.8) is 0 Å². The molecule has 0 atom stereocenters. The maximum Gasteiger partial charge on any atom is 0.0720 e. The molecular weight excluding hydrogens is 90.1 g/mol. The average molecular weight is 101 g/mol. The number of rotatable bonds is 3. The standard InChI is InChI=1S/C5H11NO/c1-4-6(3)7-5-2/h4H,1,5H2,2-3H3. The summed E-state index contributed by atoms with van der Waals surface area (Å²) in [5, 5.41) is 1.57. The van der Waals surface area contributed by atoms with Crippen molar-refractivity contribution < 1.29 is 4.84 Å². The first-order valence-electron chi connectivity index (χ1n) is 2.29. The van der Waals surface area contributed by atoms with Gasteiger partial charge in [0.25, 0.3) is 0 Å². The fraction of sp³-hybridized carbons (Fsp3) is 0.600. The lowest BCUT2D eigenvalue weighted by molar-refractivity contribution is -0.0934. The normalized spacial score (nSPS) is 8.29. The molecule has 0 N–H and O–H groups in total. The van der Waals surface area contributed by atoms with Crippen molar-refractivity contribution in [2.45, 2.75) is 6.92 Å². The van der Waals surface area contributed by atoms with Gasteiger partial charge in [0.2, 0.25) is 0 Å². The minimum absolute atomic E-state index is 0.697. The molecule has 0 saturated carbocycles. The van der Waals surface area contributed by atoms with Crippen molar-refractivity contribution in [3.8, 4) is 0 Å². The molecule has 0 amide bonds. The molecule has 0 aliphatic carbocycles. The highest BCUT2D eigenvalue weighted by atomic mass is 16.7. The van der Waals surface area contributed by atoms with E-state index in [1.165, 1.54) is 0 Å². The topological polar surface area (TPSA) is 12.5 Å². The molecule has 0 radical (unpaired) electrons. The lowest BCUT2D eigenvalue weighted by Crippen LogP contribution is -2.09. The molecule has 0 heterocycles. The molecule has 0 saturated heterocycles. The Balaban J connectivity index is 2.98. The summed E-state index contributed by atoms with van der Waals surface area (Å²) in [5.41, 5.74) is 0. The Hall–Kier alpha value is -0.500. The highest BCUT2D eigenvalue weighted by molar-refractivity contribution is 4.55. The van der Waals surface area contributed by atoms with Crippen LogP contribution in [0.15, 0.2) is 12.8 Å². The van der Waals surface area contributed by atoms with Crippen LogP contribution in [0.5, 0.6) is 0 Å². The Morgan fingerprint density at radius 1 is 1.86 bits per heavy atom. The van der Waals surface area contributed by atoms with E-state index < -0.39 is 0 Å². The lowest BCUT2D eigenvalue weighted by atomic mass is 10.9. The first kappa shape index (κ1) is 6.50. The highest BCUT2D eigenvalue weighted by Crippen LogP contribution is 1.80. The summed E-state index contributed by atoms with van der Waals surface area (Å²) in [7, 11) is 1.80. The third-order valence-corrected chi connectivity index (χ3v) is 0.590. The van der Waals surface area contributed by atoms with Crippen LogP contribution < -0.4 is 0 Å². The van der Waals surface area contributed by atoms with Gasteiger partial charge in [-0.2, -0.15) is 0 Å². The van der Waals surface area contributed by atoms with Crippen LogP contribution in [0.2, 0.25) is 0 Å². The van der Waals surface area contributed by atoms with E-state index in [1.54, 1.807) is 18.3 Å². The molecule has 7 heavy (non-hydrogen) atoms. The van der Waals surface area contributed by atoms with Crippen LogP contribution in [-0.4, -0.2) is 18.7 Å². The second-order valence-corrected chi connectivity index (χ2v) is 1.15. The van der Waals surface area contributed by atoms with Gasteiger partial charge in [0.15, 0.2) is 0 Å². The molecule has 0 rings (SSSR count). The maximum absolute atomic E-state index is 4.91. The maximum atomic E-state index is 4.91. The van der Waals surface area contributed by atoms with Gasteiger partial charge in [-0.25, -0.2) is 0 Å². The monoisotopic (exact) mass is 101 g/mol. The Morgan fingerprint density at radius 3 is 2.57 bits per heavy atom. The van der Waals surface area contributed by atoms with Crippen LogP contribution in [-0.2, 0) is 4.84 Å². The Kier molecular flexibility index (Phi) is 3.42. The Labute approximate surface area is 44.3 Å². The molecular formula is C5H11NO. The summed E-state index contributed by atoms with van der Waals surface area (Å²) in [6.07, 6.45) is 1.61. The van der Waals surface area contributed by atoms with Gasteiger partial charge in [-0.15, -0.1) is 0 Å². The van der Waals surface area contributed by atoms with Crippen LogP contribution in [0, 0.1) is 0 Å². The van der Waals surface area contributed by atoms with E-state index >= 15 is 0 Å². The summed E-state index contributed by atoms with van der Waals surface area (Å²) in [5.74, 6) is 0. The van der Waals surface area contributed by atoms with Crippen molar-refractivity contribution in [3.05, 3.63) is 12.8 Å². The molecule has 42 valence electrons. The summed E-state index contributed by atoms with van der Waals surface area (Å²) in [4.78, 5) is 4.91. The molecule has 0 fully saturated rings. The van der Waals surface area contributed by atoms with Gasteiger partial charge < -0.3 is 0 Å². The van der Waals surface area contributed by atoms with Gasteiger partial charge in [0, 0.05) is 13.2 Å². The molecule has 0 aliphatic heterocycles. The Morgan fingerprint density at radius 2 is 2.43 bits per heavy atom. The van der Waals surface area contributed by atoms with Crippen molar-refractivity contribution >= 4 is 0 Å². The molecule has 0 aromatic heterocycles. The van der Waals surface area contributed by atoms with Crippen LogP contribution in [0.1, 0.15) is 6.92 Å². The van der Waals surface area contributed by atoms with Gasteiger partial charge in [0.05, 0.1) is 6.61 Å². The zero-order valence-corrected chi connectivity index (χ0v) is 4.85. The van der Waals surface area contributed by atoms with Crippen LogP contribution in [0.25, 0.3) is 0 Å². The largest absolute Gasteiger partial charge is 0.275 e. The lowest BCUT2D eigenvalue weighted by Gasteiger charge is -2.09. The summed E-state index contributed by atoms with van der Waals surface area (Å²) in [6.45, 7) is 6.11. The average Bonchev–Trinajstić information content (AvgIpc) is 1.68. The summed E-state index contributed by atoms with van der Waals surface area (Å²) >= 11 is 0. The molecule has 0 unspecified atom stereocenters. The Bertz CT molecular complexity index is 54.0. The van der Waals surface area contributed by atoms with E-state index in [1.807, 2.05) is 6.92 Å². The van der Waals surface area contributed by atoms with E-state index in [0.717, 1.165) is 0 Å². The van der Waals surface area contributed by atoms with Crippen LogP contribution in [0.4, 0.5) is 0 Å². The molecule has 2 heteroatoms. The second-order valence-electron chi connectivity index (χ2n) is 1.15. The number of hydrogen-bond acceptors (Lipinski definition) is 2. The summed E-state index contributed by atoms with van der Waals surface area (Å²) < 4.78 is 0. The zero-order chi connectivity index (χ0) is 5.70. The van der Waals surface area contributed by atoms with E-state index in [2.05, 4.69) is 6.58 Å². The quantitative estimate of drug-likeness (QED) is 0.492. The van der Waals surface area contributed by atoms with Crippen LogP contribution >= 0.6 is 0 Å². The fourth-order valence-electron chi connectivity index (χ4n) is 0.256. The van der Waals surface area contributed by atoms with Gasteiger partial charge in [-0.05, 0) is 6.92 Å². The molecule has 0 aromatic carbocycles. The van der Waals surface area contributed by atoms with Crippen molar-refractivity contribution in [1.29, 1.82) is 0 Å². The molecule has 0 bridgehead atoms. The molecule has 0 spiro atoms. The SMILES string of the molecule is C=CN(C)OCC. The van der Waals surface area contributed by atoms with Crippen molar-refractivity contribution in [2.75, 3.05) is 13.7 Å². The highest BCUT2D eigenvalue weighted by Gasteiger charge is 1.79. The predicted octanol–water partition coefficient (Wildman–Crippen LogP) is 1.01. The minimum atomic E-state index is 0.697. The van der Waals surface area contributed by atoms with Crippen molar-refractivity contribution in [1.82, 2.24) is 5.06 Å². The van der Waals surface area contributed by atoms with E-state index in [9.17, 15) is 0 Å². The van der Waals surface area contributed by atoms with E-state index in [4.69, 9.17) is 4.84 Å². The van der Waals surface area contributed by atoms with Gasteiger partial charge in [-0.1, -0.05) is 6.58 Å². The fourth-order valence-corrected chi connectivity index (χ4v) is 0.256. The third-order valence-electron chi connectivity index (χ3n) is 0.590. The zero-order valence-electron chi connectivity index (χ0n) is 4.85. The molecule has 2 nitrogen and oxygen atoms in total. The number of hydroxylamine groups is 2.